The zero-order chi connectivity index (χ0) is 18.0. The molecule has 0 aromatic heterocycles. The monoisotopic (exact) mass is 346 g/mol. The van der Waals surface area contributed by atoms with Crippen molar-refractivity contribution in [2.24, 2.45) is 0 Å². The third-order valence-corrected chi connectivity index (χ3v) is 4.81. The molecule has 0 unspecified atom stereocenters. The molecule has 5 nitrogen and oxygen atoms in total. The Labute approximate surface area is 150 Å². The van der Waals surface area contributed by atoms with Gasteiger partial charge in [-0.15, -0.1) is 0 Å². The summed E-state index contributed by atoms with van der Waals surface area (Å²) in [4.78, 5) is 16.4. The normalized spacial score (nSPS) is 19.4. The highest BCUT2D eigenvalue weighted by Crippen LogP contribution is 2.27. The maximum Gasteiger partial charge on any atom is 0.410 e. The fourth-order valence-electron chi connectivity index (χ4n) is 3.38. The third-order valence-electron chi connectivity index (χ3n) is 4.81. The average molecular weight is 346 g/mol. The fraction of sp³-hybridized carbons (Fsp3) is 0.650. The van der Waals surface area contributed by atoms with Gasteiger partial charge in [0.1, 0.15) is 17.5 Å². The minimum atomic E-state index is -0.462. The van der Waals surface area contributed by atoms with Crippen LogP contribution < -0.4 is 4.74 Å². The van der Waals surface area contributed by atoms with Crippen molar-refractivity contribution in [1.29, 1.82) is 0 Å². The van der Waals surface area contributed by atoms with Crippen molar-refractivity contribution in [3.05, 3.63) is 29.3 Å². The van der Waals surface area contributed by atoms with Gasteiger partial charge in [0.2, 0.25) is 0 Å². The van der Waals surface area contributed by atoms with Gasteiger partial charge in [-0.2, -0.15) is 0 Å². The van der Waals surface area contributed by atoms with E-state index in [1.54, 1.807) is 4.90 Å². The number of ether oxygens (including phenoxy) is 2. The molecule has 1 aromatic rings. The summed E-state index contributed by atoms with van der Waals surface area (Å²) in [5.41, 5.74) is 2.01. The number of piperidine rings is 1. The predicted octanol–water partition coefficient (Wildman–Crippen LogP) is 3.45. The van der Waals surface area contributed by atoms with E-state index in [9.17, 15) is 4.79 Å². The summed E-state index contributed by atoms with van der Waals surface area (Å²) in [5, 5.41) is 0. The summed E-state index contributed by atoms with van der Waals surface area (Å²) in [7, 11) is 2.15. The van der Waals surface area contributed by atoms with E-state index in [0.717, 1.165) is 38.1 Å². The van der Waals surface area contributed by atoms with Crippen molar-refractivity contribution in [2.45, 2.75) is 58.3 Å². The zero-order valence-electron chi connectivity index (χ0n) is 15.9. The number of carbonyl (C=O) groups excluding carboxylic acids is 1. The van der Waals surface area contributed by atoms with E-state index in [1.807, 2.05) is 20.8 Å². The molecule has 0 atom stereocenters. The molecule has 0 aliphatic carbocycles. The van der Waals surface area contributed by atoms with Gasteiger partial charge in [0.05, 0.1) is 0 Å². The van der Waals surface area contributed by atoms with Crippen LogP contribution in [0.3, 0.4) is 0 Å². The summed E-state index contributed by atoms with van der Waals surface area (Å²) < 4.78 is 11.7. The first-order valence-electron chi connectivity index (χ1n) is 9.25. The Hall–Kier alpha value is -1.75. The maximum atomic E-state index is 12.3. The van der Waals surface area contributed by atoms with Gasteiger partial charge >= 0.3 is 6.09 Å². The van der Waals surface area contributed by atoms with Crippen LogP contribution in [-0.2, 0) is 17.7 Å². The fourth-order valence-corrected chi connectivity index (χ4v) is 3.38. The highest BCUT2D eigenvalue weighted by atomic mass is 16.6. The highest BCUT2D eigenvalue weighted by molar-refractivity contribution is 5.68. The molecule has 5 heteroatoms. The lowest BCUT2D eigenvalue weighted by Gasteiger charge is -2.32. The minimum Gasteiger partial charge on any atom is -0.490 e. The molecule has 3 rings (SSSR count). The van der Waals surface area contributed by atoms with E-state index in [2.05, 4.69) is 30.1 Å². The van der Waals surface area contributed by atoms with Crippen LogP contribution in [-0.4, -0.2) is 54.3 Å². The molecule has 2 aliphatic heterocycles. The molecule has 1 saturated heterocycles. The van der Waals surface area contributed by atoms with E-state index in [0.29, 0.717) is 19.2 Å². The number of nitrogens with zero attached hydrogens (tertiary/aromatic N) is 2. The van der Waals surface area contributed by atoms with Crippen molar-refractivity contribution in [3.8, 4) is 5.75 Å². The van der Waals surface area contributed by atoms with Gasteiger partial charge in [-0.25, -0.2) is 4.79 Å². The summed E-state index contributed by atoms with van der Waals surface area (Å²) in [6.07, 6.45) is 3.05. The van der Waals surface area contributed by atoms with Gasteiger partial charge in [-0.1, -0.05) is 6.07 Å². The number of hydrogen-bond acceptors (Lipinski definition) is 4. The molecular weight excluding hydrogens is 316 g/mol. The molecule has 0 spiro atoms. The molecule has 138 valence electrons. The lowest BCUT2D eigenvalue weighted by atomic mass is 9.99. The van der Waals surface area contributed by atoms with Gasteiger partial charge in [0.15, 0.2) is 0 Å². The number of carbonyl (C=O) groups is 1. The van der Waals surface area contributed by atoms with Crippen molar-refractivity contribution in [1.82, 2.24) is 9.80 Å². The lowest BCUT2D eigenvalue weighted by Crippen LogP contribution is -2.40. The van der Waals surface area contributed by atoms with Crippen LogP contribution in [0.25, 0.3) is 0 Å². The van der Waals surface area contributed by atoms with E-state index >= 15 is 0 Å². The highest BCUT2D eigenvalue weighted by Gasteiger charge is 2.26. The maximum absolute atomic E-state index is 12.3. The number of likely N-dealkylation sites (tertiary alicyclic amines) is 1. The quantitative estimate of drug-likeness (QED) is 0.822. The molecule has 1 amide bonds. The molecule has 1 aromatic carbocycles. The third kappa shape index (κ3) is 4.88. The van der Waals surface area contributed by atoms with Crippen molar-refractivity contribution < 1.29 is 14.3 Å². The number of rotatable bonds is 2. The van der Waals surface area contributed by atoms with Gasteiger partial charge in [0, 0.05) is 26.2 Å². The van der Waals surface area contributed by atoms with Crippen molar-refractivity contribution in [3.63, 3.8) is 0 Å². The molecular formula is C20H30N2O3. The molecule has 25 heavy (non-hydrogen) atoms. The molecule has 2 heterocycles. The van der Waals surface area contributed by atoms with Crippen LogP contribution >= 0.6 is 0 Å². The predicted molar refractivity (Wildman–Crippen MR) is 97.9 cm³/mol. The molecule has 0 N–H and O–H groups in total. The number of hydrogen-bond donors (Lipinski definition) is 0. The smallest absolute Gasteiger partial charge is 0.410 e. The van der Waals surface area contributed by atoms with Gasteiger partial charge in [-0.3, -0.25) is 0 Å². The molecule has 2 aliphatic rings. The zero-order valence-corrected chi connectivity index (χ0v) is 15.9. The molecule has 0 bridgehead atoms. The van der Waals surface area contributed by atoms with Crippen LogP contribution in [0.4, 0.5) is 4.79 Å². The lowest BCUT2D eigenvalue weighted by molar-refractivity contribution is 0.0223. The Morgan fingerprint density at radius 1 is 1.12 bits per heavy atom. The first-order chi connectivity index (χ1) is 11.8. The Kier molecular flexibility index (Phi) is 5.23. The van der Waals surface area contributed by atoms with E-state index in [1.165, 1.54) is 11.1 Å². The summed E-state index contributed by atoms with van der Waals surface area (Å²) in [5.74, 6) is 0.916. The van der Waals surface area contributed by atoms with Gasteiger partial charge in [0.25, 0.3) is 0 Å². The Morgan fingerprint density at radius 2 is 1.84 bits per heavy atom. The van der Waals surface area contributed by atoms with Crippen LogP contribution in [0.1, 0.15) is 44.7 Å². The number of fused-ring (bicyclic) bond motifs is 1. The second-order valence-electron chi connectivity index (χ2n) is 8.20. The van der Waals surface area contributed by atoms with E-state index in [-0.39, 0.29) is 6.09 Å². The topological polar surface area (TPSA) is 42.0 Å². The summed E-state index contributed by atoms with van der Waals surface area (Å²) in [6, 6.07) is 6.32. The minimum absolute atomic E-state index is 0.236. The Balaban J connectivity index is 1.64. The Morgan fingerprint density at radius 3 is 2.52 bits per heavy atom. The summed E-state index contributed by atoms with van der Waals surface area (Å²) >= 11 is 0. The van der Waals surface area contributed by atoms with Crippen LogP contribution in [0.2, 0.25) is 0 Å². The summed E-state index contributed by atoms with van der Waals surface area (Å²) in [6.45, 7) is 9.17. The SMILES string of the molecule is CN1CCC(Oc2ccc3c(c2)CN(C(=O)OC(C)(C)C)CC3)CC1. The molecule has 1 fully saturated rings. The van der Waals surface area contributed by atoms with Crippen molar-refractivity contribution in [2.75, 3.05) is 26.7 Å². The first-order valence-corrected chi connectivity index (χ1v) is 9.25. The van der Waals surface area contributed by atoms with E-state index < -0.39 is 5.60 Å². The van der Waals surface area contributed by atoms with Crippen LogP contribution in [0.15, 0.2) is 18.2 Å². The standard InChI is InChI=1S/C20H30N2O3/c1-20(2,3)25-19(23)22-12-7-15-5-6-18(13-16(15)14-22)24-17-8-10-21(4)11-9-17/h5-6,13,17H,7-12,14H2,1-4H3. The Bertz CT molecular complexity index is 616. The second-order valence-corrected chi connectivity index (χ2v) is 8.20. The van der Waals surface area contributed by atoms with Crippen LogP contribution in [0.5, 0.6) is 5.75 Å². The molecule has 0 saturated carbocycles. The van der Waals surface area contributed by atoms with E-state index in [4.69, 9.17) is 9.47 Å². The number of benzene rings is 1. The van der Waals surface area contributed by atoms with Gasteiger partial charge < -0.3 is 19.3 Å². The molecule has 0 radical (unpaired) electrons. The number of amides is 1. The van der Waals surface area contributed by atoms with Gasteiger partial charge in [-0.05, 0) is 70.3 Å². The second kappa shape index (κ2) is 7.24. The van der Waals surface area contributed by atoms with Crippen molar-refractivity contribution >= 4 is 6.09 Å². The average Bonchev–Trinajstić information content (AvgIpc) is 2.55. The largest absolute Gasteiger partial charge is 0.490 e. The van der Waals surface area contributed by atoms with Crippen LogP contribution in [0, 0.1) is 0 Å². The first kappa shape index (κ1) is 18.1.